The molecule has 4 heteroatoms. The van der Waals surface area contributed by atoms with Crippen molar-refractivity contribution in [3.8, 4) is 0 Å². The van der Waals surface area contributed by atoms with Crippen LogP contribution < -0.4 is 0 Å². The Morgan fingerprint density at radius 2 is 1.87 bits per heavy atom. The molecule has 2 nitrogen and oxygen atoms in total. The lowest BCUT2D eigenvalue weighted by atomic mass is 9.96. The van der Waals surface area contributed by atoms with E-state index >= 15 is 0 Å². The molecule has 1 aliphatic heterocycles. The molecule has 1 aromatic rings. The van der Waals surface area contributed by atoms with Crippen molar-refractivity contribution in [3.05, 3.63) is 35.9 Å². The minimum atomic E-state index is -1.60. The monoisotopic (exact) mass is 246 g/mol. The largest absolute Gasteiger partial charge is 0.359 e. The van der Waals surface area contributed by atoms with Crippen molar-refractivity contribution in [3.63, 3.8) is 0 Å². The Bertz CT molecular complexity index is 340. The van der Waals surface area contributed by atoms with Crippen molar-refractivity contribution in [2.24, 2.45) is 0 Å². The molecule has 2 rings (SSSR count). The van der Waals surface area contributed by atoms with Gasteiger partial charge in [-0.25, -0.2) is 0 Å². The molecule has 0 bridgehead atoms. The number of benzene rings is 1. The van der Waals surface area contributed by atoms with E-state index < -0.39 is 10.1 Å². The lowest BCUT2D eigenvalue weighted by molar-refractivity contribution is -0.239. The van der Waals surface area contributed by atoms with E-state index in [1.165, 1.54) is 0 Å². The highest BCUT2D eigenvalue weighted by Crippen LogP contribution is 2.48. The molecular formula is C11H12Cl2O2. The summed E-state index contributed by atoms with van der Waals surface area (Å²) < 4.78 is 4.07. The van der Waals surface area contributed by atoms with Gasteiger partial charge in [0.25, 0.3) is 0 Å². The molecule has 1 unspecified atom stereocenters. The number of alkyl halides is 2. The van der Waals surface area contributed by atoms with E-state index in [2.05, 4.69) is 0 Å². The molecule has 0 aromatic heterocycles. The fourth-order valence-corrected chi connectivity index (χ4v) is 2.34. The summed E-state index contributed by atoms with van der Waals surface area (Å²) in [5, 5.41) is 10.4. The van der Waals surface area contributed by atoms with E-state index in [4.69, 9.17) is 27.9 Å². The SMILES string of the molecule is OC1(c2ccccc2)OCCCC1(Cl)Cl. The summed E-state index contributed by atoms with van der Waals surface area (Å²) in [6.45, 7) is 0.465. The molecule has 0 saturated carbocycles. The highest BCUT2D eigenvalue weighted by molar-refractivity contribution is 6.49. The zero-order chi connectivity index (χ0) is 10.9. The summed E-state index contributed by atoms with van der Waals surface area (Å²) in [5.41, 5.74) is 0.592. The second-order valence-corrected chi connectivity index (χ2v) is 5.15. The van der Waals surface area contributed by atoms with Crippen LogP contribution >= 0.6 is 23.2 Å². The Kier molecular flexibility index (Phi) is 2.95. The fourth-order valence-electron chi connectivity index (χ4n) is 1.75. The summed E-state index contributed by atoms with van der Waals surface area (Å²) in [4.78, 5) is 0. The van der Waals surface area contributed by atoms with Crippen LogP contribution in [0.5, 0.6) is 0 Å². The van der Waals surface area contributed by atoms with Gasteiger partial charge in [-0.15, -0.1) is 0 Å². The summed E-state index contributed by atoms with van der Waals surface area (Å²) in [6, 6.07) is 9.00. The predicted octanol–water partition coefficient (Wildman–Crippen LogP) is 2.82. The Hall–Kier alpha value is -0.280. The van der Waals surface area contributed by atoms with Gasteiger partial charge in [0.1, 0.15) is 0 Å². The van der Waals surface area contributed by atoms with Gasteiger partial charge in [0.2, 0.25) is 5.79 Å². The summed E-state index contributed by atoms with van der Waals surface area (Å²) in [5.74, 6) is -1.60. The lowest BCUT2D eigenvalue weighted by Crippen LogP contribution is -2.49. The van der Waals surface area contributed by atoms with Crippen LogP contribution in [-0.2, 0) is 10.5 Å². The Balaban J connectivity index is 2.40. The molecule has 0 spiro atoms. The van der Waals surface area contributed by atoms with Crippen LogP contribution in [0.3, 0.4) is 0 Å². The van der Waals surface area contributed by atoms with E-state index in [-0.39, 0.29) is 0 Å². The van der Waals surface area contributed by atoms with Crippen LogP contribution in [0.4, 0.5) is 0 Å². The Morgan fingerprint density at radius 1 is 1.20 bits per heavy atom. The lowest BCUT2D eigenvalue weighted by Gasteiger charge is -2.42. The van der Waals surface area contributed by atoms with Gasteiger partial charge in [-0.1, -0.05) is 53.5 Å². The molecule has 1 fully saturated rings. The zero-order valence-corrected chi connectivity index (χ0v) is 9.63. The molecule has 15 heavy (non-hydrogen) atoms. The van der Waals surface area contributed by atoms with Gasteiger partial charge >= 0.3 is 0 Å². The molecule has 1 aromatic carbocycles. The summed E-state index contributed by atoms with van der Waals surface area (Å²) in [7, 11) is 0. The van der Waals surface area contributed by atoms with E-state index in [9.17, 15) is 5.11 Å². The molecule has 0 radical (unpaired) electrons. The zero-order valence-electron chi connectivity index (χ0n) is 8.12. The molecule has 0 amide bonds. The maximum atomic E-state index is 10.4. The van der Waals surface area contributed by atoms with Crippen molar-refractivity contribution in [1.29, 1.82) is 0 Å². The van der Waals surface area contributed by atoms with E-state index in [0.717, 1.165) is 6.42 Å². The number of halogens is 2. The highest BCUT2D eigenvalue weighted by atomic mass is 35.5. The van der Waals surface area contributed by atoms with Crippen LogP contribution in [0.2, 0.25) is 0 Å². The maximum Gasteiger partial charge on any atom is 0.226 e. The number of hydrogen-bond donors (Lipinski definition) is 1. The van der Waals surface area contributed by atoms with Crippen molar-refractivity contribution < 1.29 is 9.84 Å². The predicted molar refractivity (Wildman–Crippen MR) is 60.0 cm³/mol. The van der Waals surface area contributed by atoms with Gasteiger partial charge in [-0.05, 0) is 12.8 Å². The number of hydrogen-bond acceptors (Lipinski definition) is 2. The topological polar surface area (TPSA) is 29.5 Å². The average Bonchev–Trinajstić information content (AvgIpc) is 2.24. The molecule has 1 N–H and O–H groups in total. The average molecular weight is 247 g/mol. The smallest absolute Gasteiger partial charge is 0.226 e. The van der Waals surface area contributed by atoms with Gasteiger partial charge in [-0.2, -0.15) is 0 Å². The molecule has 82 valence electrons. The van der Waals surface area contributed by atoms with Gasteiger partial charge < -0.3 is 9.84 Å². The molecule has 1 aliphatic rings. The van der Waals surface area contributed by atoms with Crippen molar-refractivity contribution in [2.45, 2.75) is 23.0 Å². The van der Waals surface area contributed by atoms with E-state index in [1.54, 1.807) is 12.1 Å². The molecule has 1 saturated heterocycles. The van der Waals surface area contributed by atoms with E-state index in [1.807, 2.05) is 18.2 Å². The first-order chi connectivity index (χ1) is 7.06. The highest BCUT2D eigenvalue weighted by Gasteiger charge is 2.52. The third-order valence-corrected chi connectivity index (χ3v) is 3.50. The first-order valence-electron chi connectivity index (χ1n) is 4.86. The minimum absolute atomic E-state index is 0.465. The number of rotatable bonds is 1. The molecule has 0 aliphatic carbocycles. The second-order valence-electron chi connectivity index (χ2n) is 3.67. The standard InChI is InChI=1S/C11H12Cl2O2/c12-10(13)7-4-8-15-11(10,14)9-5-2-1-3-6-9/h1-3,5-6,14H,4,7-8H2. The third kappa shape index (κ3) is 1.87. The van der Waals surface area contributed by atoms with Crippen molar-refractivity contribution in [2.75, 3.05) is 6.61 Å². The number of aliphatic hydroxyl groups is 1. The van der Waals surface area contributed by atoms with Crippen LogP contribution in [0.25, 0.3) is 0 Å². The van der Waals surface area contributed by atoms with Gasteiger partial charge in [0, 0.05) is 5.56 Å². The quantitative estimate of drug-likeness (QED) is 0.773. The number of ether oxygens (including phenoxy) is 1. The van der Waals surface area contributed by atoms with Crippen LogP contribution in [0, 0.1) is 0 Å². The normalized spacial score (nSPS) is 30.1. The molecule has 1 atom stereocenters. The molecular weight excluding hydrogens is 235 g/mol. The second kappa shape index (κ2) is 3.95. The maximum absolute atomic E-state index is 10.4. The molecule has 1 heterocycles. The minimum Gasteiger partial charge on any atom is -0.359 e. The fraction of sp³-hybridized carbons (Fsp3) is 0.455. The van der Waals surface area contributed by atoms with Gasteiger partial charge in [0.05, 0.1) is 6.61 Å². The van der Waals surface area contributed by atoms with Crippen molar-refractivity contribution in [1.82, 2.24) is 0 Å². The van der Waals surface area contributed by atoms with Gasteiger partial charge in [-0.3, -0.25) is 0 Å². The summed E-state index contributed by atoms with van der Waals surface area (Å²) >= 11 is 12.2. The first kappa shape index (κ1) is 11.2. The van der Waals surface area contributed by atoms with Gasteiger partial charge in [0.15, 0.2) is 4.33 Å². The Morgan fingerprint density at radius 3 is 2.47 bits per heavy atom. The Labute approximate surface area is 98.8 Å². The first-order valence-corrected chi connectivity index (χ1v) is 5.61. The van der Waals surface area contributed by atoms with E-state index in [0.29, 0.717) is 18.6 Å². The van der Waals surface area contributed by atoms with Crippen molar-refractivity contribution >= 4 is 23.2 Å². The summed E-state index contributed by atoms with van der Waals surface area (Å²) in [6.07, 6.45) is 1.27. The third-order valence-electron chi connectivity index (χ3n) is 2.61. The van der Waals surface area contributed by atoms with Crippen LogP contribution in [0.15, 0.2) is 30.3 Å². The van der Waals surface area contributed by atoms with Crippen LogP contribution in [0.1, 0.15) is 18.4 Å². The van der Waals surface area contributed by atoms with Crippen LogP contribution in [-0.4, -0.2) is 16.0 Å².